The Hall–Kier alpha value is -1.76. The molecular formula is C22H19Cl4NO. The van der Waals surface area contributed by atoms with Gasteiger partial charge >= 0.3 is 0 Å². The summed E-state index contributed by atoms with van der Waals surface area (Å²) in [7, 11) is 0. The van der Waals surface area contributed by atoms with Crippen LogP contribution in [0.2, 0.25) is 20.1 Å². The summed E-state index contributed by atoms with van der Waals surface area (Å²) in [6.07, 6.45) is 5.57. The van der Waals surface area contributed by atoms with Gasteiger partial charge in [-0.2, -0.15) is 0 Å². The number of benzene rings is 2. The van der Waals surface area contributed by atoms with Crippen LogP contribution >= 0.6 is 46.4 Å². The first kappa shape index (κ1) is 24.3. The number of allylic oxidation sites excluding steroid dienone is 1. The molecule has 2 unspecified atom stereocenters. The van der Waals surface area contributed by atoms with Crippen LogP contribution in [0.1, 0.15) is 35.9 Å². The fourth-order valence-corrected chi connectivity index (χ4v) is 2.95. The van der Waals surface area contributed by atoms with Gasteiger partial charge in [0, 0.05) is 17.9 Å². The zero-order chi connectivity index (χ0) is 21.1. The molecule has 0 saturated carbocycles. The van der Waals surface area contributed by atoms with Gasteiger partial charge in [-0.15, -0.1) is 13.2 Å². The Morgan fingerprint density at radius 3 is 1.79 bits per heavy atom. The molecular weight excluding hydrogens is 436 g/mol. The van der Waals surface area contributed by atoms with Crippen LogP contribution in [-0.4, -0.2) is 6.29 Å². The molecule has 0 radical (unpaired) electrons. The molecule has 28 heavy (non-hydrogen) atoms. The van der Waals surface area contributed by atoms with Gasteiger partial charge in [0.15, 0.2) is 0 Å². The molecule has 0 amide bonds. The van der Waals surface area contributed by atoms with E-state index in [9.17, 15) is 4.79 Å². The molecule has 0 aromatic heterocycles. The Morgan fingerprint density at radius 2 is 1.36 bits per heavy atom. The molecule has 0 fully saturated rings. The maximum Gasteiger partial charge on any atom is 0.252 e. The molecule has 0 aliphatic rings. The van der Waals surface area contributed by atoms with Crippen LogP contribution in [0.25, 0.3) is 4.85 Å². The summed E-state index contributed by atoms with van der Waals surface area (Å²) in [5.74, 6) is -0.178. The lowest BCUT2D eigenvalue weighted by Crippen LogP contribution is -1.98. The fraction of sp³-hybridized carbons (Fsp3) is 0.182. The van der Waals surface area contributed by atoms with E-state index in [4.69, 9.17) is 53.0 Å². The third-order valence-electron chi connectivity index (χ3n) is 3.83. The molecule has 2 rings (SSSR count). The monoisotopic (exact) mass is 453 g/mol. The van der Waals surface area contributed by atoms with E-state index in [2.05, 4.69) is 18.0 Å². The van der Waals surface area contributed by atoms with Crippen molar-refractivity contribution >= 4 is 52.7 Å². The highest BCUT2D eigenvalue weighted by atomic mass is 35.5. The first-order valence-corrected chi connectivity index (χ1v) is 9.82. The average molecular weight is 455 g/mol. The van der Waals surface area contributed by atoms with E-state index in [1.807, 2.05) is 6.07 Å². The van der Waals surface area contributed by atoms with Crippen molar-refractivity contribution in [3.8, 4) is 0 Å². The summed E-state index contributed by atoms with van der Waals surface area (Å²) in [4.78, 5) is 14.3. The zero-order valence-corrected chi connectivity index (χ0v) is 18.1. The van der Waals surface area contributed by atoms with Gasteiger partial charge in [0.2, 0.25) is 0 Å². The van der Waals surface area contributed by atoms with Gasteiger partial charge in [0.05, 0.1) is 20.1 Å². The summed E-state index contributed by atoms with van der Waals surface area (Å²) >= 11 is 23.2. The number of carbonyl (C=O) groups excluding carboxylic acids is 1. The minimum absolute atomic E-state index is 0.178. The van der Waals surface area contributed by atoms with Crippen LogP contribution in [0.4, 0.5) is 0 Å². The van der Waals surface area contributed by atoms with Crippen molar-refractivity contribution in [2.45, 2.75) is 24.8 Å². The van der Waals surface area contributed by atoms with E-state index in [1.54, 1.807) is 42.5 Å². The van der Waals surface area contributed by atoms with Crippen molar-refractivity contribution in [3.63, 3.8) is 0 Å². The van der Waals surface area contributed by atoms with Crippen molar-refractivity contribution < 1.29 is 4.79 Å². The lowest BCUT2D eigenvalue weighted by atomic mass is 9.97. The van der Waals surface area contributed by atoms with Gasteiger partial charge < -0.3 is 9.64 Å². The molecule has 146 valence electrons. The minimum atomic E-state index is -0.206. The van der Waals surface area contributed by atoms with E-state index in [-0.39, 0.29) is 12.0 Å². The largest absolute Gasteiger partial charge is 0.308 e. The van der Waals surface area contributed by atoms with Crippen LogP contribution in [-0.2, 0) is 4.79 Å². The third kappa shape index (κ3) is 7.34. The second-order valence-corrected chi connectivity index (χ2v) is 7.41. The van der Waals surface area contributed by atoms with Crippen LogP contribution in [0.3, 0.4) is 0 Å². The smallest absolute Gasteiger partial charge is 0.252 e. The lowest BCUT2D eigenvalue weighted by Gasteiger charge is -2.08. The predicted octanol–water partition coefficient (Wildman–Crippen LogP) is 8.38. The number of hydrogen-bond donors (Lipinski definition) is 0. The second kappa shape index (κ2) is 12.6. The first-order chi connectivity index (χ1) is 13.4. The maximum atomic E-state index is 10.8. The summed E-state index contributed by atoms with van der Waals surface area (Å²) in [6.45, 7) is 14.2. The predicted molar refractivity (Wildman–Crippen MR) is 121 cm³/mol. The van der Waals surface area contributed by atoms with Crippen molar-refractivity contribution in [3.05, 3.63) is 104 Å². The molecule has 2 aromatic carbocycles. The standard InChI is InChI=1S/C11H9Cl2N.C11H10Cl2O/c1-3-4-11(14-2)8-5-6-9(12)10(13)7-8;1-2-3-9(7-14)8-4-5-10(12)11(13)6-8/h3,5-7,11H,1,4H2;2,4-7,9H,1,3H2. The first-order valence-electron chi connectivity index (χ1n) is 8.31. The van der Waals surface area contributed by atoms with E-state index < -0.39 is 0 Å². The number of aldehydes is 1. The van der Waals surface area contributed by atoms with Crippen LogP contribution in [0.15, 0.2) is 61.7 Å². The second-order valence-electron chi connectivity index (χ2n) is 5.78. The van der Waals surface area contributed by atoms with Crippen LogP contribution < -0.4 is 0 Å². The molecule has 0 spiro atoms. The van der Waals surface area contributed by atoms with Gasteiger partial charge in [-0.3, -0.25) is 0 Å². The highest BCUT2D eigenvalue weighted by Crippen LogP contribution is 2.29. The topological polar surface area (TPSA) is 21.4 Å². The SMILES string of the molecule is C=CCC(C=O)c1ccc(Cl)c(Cl)c1.[C-]#[N+]C(CC=C)c1ccc(Cl)c(Cl)c1. The van der Waals surface area contributed by atoms with E-state index >= 15 is 0 Å². The highest BCUT2D eigenvalue weighted by molar-refractivity contribution is 6.42. The van der Waals surface area contributed by atoms with E-state index in [0.29, 0.717) is 32.9 Å². The van der Waals surface area contributed by atoms with Crippen molar-refractivity contribution in [2.75, 3.05) is 0 Å². The van der Waals surface area contributed by atoms with Gasteiger partial charge in [-0.05, 0) is 42.3 Å². The van der Waals surface area contributed by atoms with E-state index in [0.717, 1.165) is 17.4 Å². The Bertz CT molecular complexity index is 873. The summed E-state index contributed by atoms with van der Waals surface area (Å²) in [6, 6.07) is 10.3. The summed E-state index contributed by atoms with van der Waals surface area (Å²) in [5.41, 5.74) is 1.75. The summed E-state index contributed by atoms with van der Waals surface area (Å²) in [5, 5.41) is 1.97. The molecule has 0 aliphatic heterocycles. The Balaban J connectivity index is 0.000000280. The zero-order valence-electron chi connectivity index (χ0n) is 15.0. The molecule has 0 aliphatic carbocycles. The Morgan fingerprint density at radius 1 is 0.857 bits per heavy atom. The molecule has 0 bridgehead atoms. The van der Waals surface area contributed by atoms with Gasteiger partial charge in [-0.1, -0.05) is 64.6 Å². The average Bonchev–Trinajstić information content (AvgIpc) is 2.69. The Labute approximate surface area is 186 Å². The quantitative estimate of drug-likeness (QED) is 0.234. The molecule has 2 nitrogen and oxygen atoms in total. The van der Waals surface area contributed by atoms with Gasteiger partial charge in [0.25, 0.3) is 6.04 Å². The molecule has 2 atom stereocenters. The van der Waals surface area contributed by atoms with Crippen molar-refractivity contribution in [2.24, 2.45) is 0 Å². The lowest BCUT2D eigenvalue weighted by molar-refractivity contribution is -0.109. The molecule has 0 N–H and O–H groups in total. The third-order valence-corrected chi connectivity index (χ3v) is 5.31. The van der Waals surface area contributed by atoms with Gasteiger partial charge in [-0.25, -0.2) is 6.57 Å². The number of carbonyl (C=O) groups is 1. The van der Waals surface area contributed by atoms with Crippen molar-refractivity contribution in [1.29, 1.82) is 0 Å². The fourth-order valence-electron chi connectivity index (χ4n) is 2.33. The maximum absolute atomic E-state index is 10.8. The van der Waals surface area contributed by atoms with Crippen LogP contribution in [0, 0.1) is 6.57 Å². The van der Waals surface area contributed by atoms with Crippen molar-refractivity contribution in [1.82, 2.24) is 0 Å². The summed E-state index contributed by atoms with van der Waals surface area (Å²) < 4.78 is 0. The molecule has 0 saturated heterocycles. The normalized spacial score (nSPS) is 12.0. The number of rotatable bonds is 7. The molecule has 6 heteroatoms. The highest BCUT2D eigenvalue weighted by Gasteiger charge is 2.14. The Kier molecular flexibility index (Phi) is 11.0. The van der Waals surface area contributed by atoms with E-state index in [1.165, 1.54) is 0 Å². The number of halogens is 4. The van der Waals surface area contributed by atoms with Gasteiger partial charge in [0.1, 0.15) is 6.29 Å². The molecule has 2 aromatic rings. The number of hydrogen-bond acceptors (Lipinski definition) is 1. The minimum Gasteiger partial charge on any atom is -0.308 e. The molecule has 0 heterocycles. The van der Waals surface area contributed by atoms with Crippen LogP contribution in [0.5, 0.6) is 0 Å². The number of nitrogens with zero attached hydrogens (tertiary/aromatic N) is 1.